The Labute approximate surface area is 113 Å². The number of hydrogen-bond donors (Lipinski definition) is 3. The molecule has 0 aliphatic heterocycles. The van der Waals surface area contributed by atoms with E-state index in [1.165, 1.54) is 0 Å². The van der Waals surface area contributed by atoms with Crippen molar-refractivity contribution >= 4 is 15.9 Å². The lowest BCUT2D eigenvalue weighted by molar-refractivity contribution is 0.163. The van der Waals surface area contributed by atoms with Gasteiger partial charge in [0, 0.05) is 18.7 Å². The highest BCUT2D eigenvalue weighted by molar-refractivity contribution is 7.89. The molecule has 0 aliphatic rings. The monoisotopic (exact) mass is 285 g/mol. The zero-order chi connectivity index (χ0) is 14.3. The van der Waals surface area contributed by atoms with Gasteiger partial charge in [-0.2, -0.15) is 0 Å². The number of hydrogen-bond acceptors (Lipinski definition) is 4. The molecule has 0 bridgehead atoms. The molecule has 0 atom stereocenters. The number of nitrogens with one attached hydrogen (secondary N) is 2. The Hall–Kier alpha value is -1.44. The lowest BCUT2D eigenvalue weighted by Crippen LogP contribution is -2.28. The van der Waals surface area contributed by atoms with Crippen LogP contribution in [0.2, 0.25) is 0 Å². The molecule has 0 heterocycles. The molecule has 0 saturated heterocycles. The summed E-state index contributed by atoms with van der Waals surface area (Å²) in [6.45, 7) is 2.72. The van der Waals surface area contributed by atoms with Gasteiger partial charge in [-0.3, -0.25) is 5.41 Å². The summed E-state index contributed by atoms with van der Waals surface area (Å²) < 4.78 is 30.7. The summed E-state index contributed by atoms with van der Waals surface area (Å²) in [6.07, 6.45) is 0. The maximum atomic E-state index is 11.6. The van der Waals surface area contributed by atoms with E-state index in [2.05, 4.69) is 4.72 Å². The highest BCUT2D eigenvalue weighted by Crippen LogP contribution is 2.04. The standard InChI is InChI=1S/C12H19N3O3S/c1-2-18-7-8-19(16,17)15-9-10-3-5-11(6-4-10)12(13)14/h3-6,15H,2,7-9H2,1H3,(H3,13,14). The van der Waals surface area contributed by atoms with Crippen molar-refractivity contribution in [1.29, 1.82) is 5.41 Å². The highest BCUT2D eigenvalue weighted by atomic mass is 32.2. The maximum Gasteiger partial charge on any atom is 0.214 e. The van der Waals surface area contributed by atoms with Gasteiger partial charge in [0.15, 0.2) is 0 Å². The SMILES string of the molecule is CCOCCS(=O)(=O)NCc1ccc(C(=N)N)cc1. The number of benzene rings is 1. The van der Waals surface area contributed by atoms with Gasteiger partial charge in [-0.1, -0.05) is 24.3 Å². The van der Waals surface area contributed by atoms with Crippen LogP contribution in [0.4, 0.5) is 0 Å². The summed E-state index contributed by atoms with van der Waals surface area (Å²) in [5, 5.41) is 7.25. The molecule has 0 amide bonds. The van der Waals surface area contributed by atoms with Crippen LogP contribution >= 0.6 is 0 Å². The third-order valence-corrected chi connectivity index (χ3v) is 3.75. The molecular weight excluding hydrogens is 266 g/mol. The molecular formula is C12H19N3O3S. The second-order valence-corrected chi connectivity index (χ2v) is 5.87. The van der Waals surface area contributed by atoms with Crippen LogP contribution in [0.25, 0.3) is 0 Å². The van der Waals surface area contributed by atoms with E-state index in [1.54, 1.807) is 24.3 Å². The Balaban J connectivity index is 2.49. The van der Waals surface area contributed by atoms with Crippen LogP contribution < -0.4 is 10.5 Å². The van der Waals surface area contributed by atoms with E-state index < -0.39 is 10.0 Å². The van der Waals surface area contributed by atoms with E-state index in [1.807, 2.05) is 6.92 Å². The van der Waals surface area contributed by atoms with Crippen LogP contribution in [0.3, 0.4) is 0 Å². The minimum atomic E-state index is -3.32. The molecule has 0 aliphatic carbocycles. The number of ether oxygens (including phenoxy) is 1. The first-order valence-corrected chi connectivity index (χ1v) is 7.58. The van der Waals surface area contributed by atoms with Crippen LogP contribution in [0.1, 0.15) is 18.1 Å². The van der Waals surface area contributed by atoms with Gasteiger partial charge in [-0.05, 0) is 12.5 Å². The lowest BCUT2D eigenvalue weighted by atomic mass is 10.1. The molecule has 106 valence electrons. The van der Waals surface area contributed by atoms with Crippen molar-refractivity contribution < 1.29 is 13.2 Å². The Bertz CT molecular complexity index is 512. The summed E-state index contributed by atoms with van der Waals surface area (Å²) in [7, 11) is -3.32. The summed E-state index contributed by atoms with van der Waals surface area (Å²) in [4.78, 5) is 0. The van der Waals surface area contributed by atoms with Gasteiger partial charge in [-0.15, -0.1) is 0 Å². The van der Waals surface area contributed by atoms with E-state index >= 15 is 0 Å². The van der Waals surface area contributed by atoms with E-state index in [4.69, 9.17) is 15.9 Å². The molecule has 0 unspecified atom stereocenters. The molecule has 6 nitrogen and oxygen atoms in total. The first kappa shape index (κ1) is 15.6. The molecule has 0 spiro atoms. The van der Waals surface area contributed by atoms with Crippen molar-refractivity contribution in [2.24, 2.45) is 5.73 Å². The number of rotatable bonds is 8. The molecule has 4 N–H and O–H groups in total. The highest BCUT2D eigenvalue weighted by Gasteiger charge is 2.09. The zero-order valence-corrected chi connectivity index (χ0v) is 11.7. The van der Waals surface area contributed by atoms with Crippen LogP contribution in [-0.4, -0.2) is 33.2 Å². The predicted octanol–water partition coefficient (Wildman–Crippen LogP) is 0.427. The number of nitrogens with two attached hydrogens (primary N) is 1. The first-order chi connectivity index (χ1) is 8.94. The quantitative estimate of drug-likeness (QED) is 0.366. The van der Waals surface area contributed by atoms with Crippen molar-refractivity contribution in [3.63, 3.8) is 0 Å². The first-order valence-electron chi connectivity index (χ1n) is 5.93. The average Bonchev–Trinajstić information content (AvgIpc) is 2.37. The Kier molecular flexibility index (Phi) is 5.94. The summed E-state index contributed by atoms with van der Waals surface area (Å²) in [5.74, 6) is -0.0596. The molecule has 1 aromatic carbocycles. The van der Waals surface area contributed by atoms with E-state index in [0.29, 0.717) is 12.2 Å². The van der Waals surface area contributed by atoms with Crippen molar-refractivity contribution in [3.05, 3.63) is 35.4 Å². The van der Waals surface area contributed by atoms with Gasteiger partial charge in [0.05, 0.1) is 12.4 Å². The van der Waals surface area contributed by atoms with Gasteiger partial charge in [0.2, 0.25) is 10.0 Å². The molecule has 1 rings (SSSR count). The van der Waals surface area contributed by atoms with Crippen LogP contribution in [-0.2, 0) is 21.3 Å². The molecule has 19 heavy (non-hydrogen) atoms. The Morgan fingerprint density at radius 1 is 1.37 bits per heavy atom. The second kappa shape index (κ2) is 7.22. The van der Waals surface area contributed by atoms with Crippen LogP contribution in [0.5, 0.6) is 0 Å². The fourth-order valence-electron chi connectivity index (χ4n) is 1.38. The van der Waals surface area contributed by atoms with E-state index in [9.17, 15) is 8.42 Å². The van der Waals surface area contributed by atoms with Crippen molar-refractivity contribution in [1.82, 2.24) is 4.72 Å². The van der Waals surface area contributed by atoms with Crippen molar-refractivity contribution in [2.45, 2.75) is 13.5 Å². The molecule has 0 saturated carbocycles. The number of amidine groups is 1. The average molecular weight is 285 g/mol. The topological polar surface area (TPSA) is 105 Å². The fraction of sp³-hybridized carbons (Fsp3) is 0.417. The largest absolute Gasteiger partial charge is 0.384 e. The number of sulfonamides is 1. The van der Waals surface area contributed by atoms with Gasteiger partial charge in [0.25, 0.3) is 0 Å². The van der Waals surface area contributed by atoms with Crippen molar-refractivity contribution in [3.8, 4) is 0 Å². The molecule has 7 heteroatoms. The van der Waals surface area contributed by atoms with Gasteiger partial charge >= 0.3 is 0 Å². The Morgan fingerprint density at radius 3 is 2.53 bits per heavy atom. The number of nitrogen functional groups attached to an aromatic ring is 1. The third-order valence-electron chi connectivity index (χ3n) is 2.46. The molecule has 0 radical (unpaired) electrons. The van der Waals surface area contributed by atoms with E-state index in [-0.39, 0.29) is 24.7 Å². The Morgan fingerprint density at radius 2 is 2.00 bits per heavy atom. The summed E-state index contributed by atoms with van der Waals surface area (Å²) in [6, 6.07) is 6.85. The van der Waals surface area contributed by atoms with Gasteiger partial charge < -0.3 is 10.5 Å². The second-order valence-electron chi connectivity index (χ2n) is 3.95. The molecule has 0 fully saturated rings. The lowest BCUT2D eigenvalue weighted by Gasteiger charge is -2.07. The van der Waals surface area contributed by atoms with Crippen LogP contribution in [0, 0.1) is 5.41 Å². The normalized spacial score (nSPS) is 11.4. The third kappa shape index (κ3) is 5.82. The van der Waals surface area contributed by atoms with Crippen LogP contribution in [0.15, 0.2) is 24.3 Å². The minimum Gasteiger partial charge on any atom is -0.384 e. The predicted molar refractivity (Wildman–Crippen MR) is 74.6 cm³/mol. The van der Waals surface area contributed by atoms with Crippen molar-refractivity contribution in [2.75, 3.05) is 19.0 Å². The summed E-state index contributed by atoms with van der Waals surface area (Å²) >= 11 is 0. The molecule has 1 aromatic rings. The minimum absolute atomic E-state index is 0.0103. The maximum absolute atomic E-state index is 11.6. The summed E-state index contributed by atoms with van der Waals surface area (Å²) in [5.41, 5.74) is 6.76. The van der Waals surface area contributed by atoms with E-state index in [0.717, 1.165) is 5.56 Å². The molecule has 0 aromatic heterocycles. The smallest absolute Gasteiger partial charge is 0.214 e. The van der Waals surface area contributed by atoms with Gasteiger partial charge in [-0.25, -0.2) is 13.1 Å². The van der Waals surface area contributed by atoms with Gasteiger partial charge in [0.1, 0.15) is 5.84 Å². The zero-order valence-electron chi connectivity index (χ0n) is 10.8. The fourth-order valence-corrected chi connectivity index (χ4v) is 2.25.